The zero-order valence-electron chi connectivity index (χ0n) is 28.3. The van der Waals surface area contributed by atoms with Gasteiger partial charge in [0.05, 0.1) is 0 Å². The Kier molecular flexibility index (Phi) is 9.25. The van der Waals surface area contributed by atoms with Crippen molar-refractivity contribution in [3.63, 3.8) is 0 Å². The molecule has 0 aliphatic rings. The first kappa shape index (κ1) is 32.3. The predicted octanol–water partition coefficient (Wildman–Crippen LogP) is 12.3. The molecular weight excluding hydrogens is 613 g/mol. The Labute approximate surface area is 291 Å². The second-order valence-corrected chi connectivity index (χ2v) is 13.2. The Morgan fingerprint density at radius 3 is 1.73 bits per heavy atom. The number of rotatable bonds is 6. The van der Waals surface area contributed by atoms with Crippen LogP contribution in [0, 0.1) is 5.92 Å². The van der Waals surface area contributed by atoms with E-state index in [-0.39, 0.29) is 0 Å². The summed E-state index contributed by atoms with van der Waals surface area (Å²) >= 11 is 0. The van der Waals surface area contributed by atoms with Crippen LogP contribution >= 0.6 is 9.24 Å². The molecule has 2 nitrogen and oxygen atoms in total. The third-order valence-corrected chi connectivity index (χ3v) is 10.0. The van der Waals surface area contributed by atoms with Gasteiger partial charge in [0.25, 0.3) is 0 Å². The molecule has 49 heavy (non-hydrogen) atoms. The average Bonchev–Trinajstić information content (AvgIpc) is 3.61. The molecule has 7 aromatic carbocycles. The summed E-state index contributed by atoms with van der Waals surface area (Å²) in [6, 6.07) is 51.1. The van der Waals surface area contributed by atoms with E-state index < -0.39 is 0 Å². The van der Waals surface area contributed by atoms with Crippen molar-refractivity contribution in [2.75, 3.05) is 7.05 Å². The molecule has 240 valence electrons. The zero-order valence-corrected chi connectivity index (χ0v) is 29.4. The molecular formula is C46H40NOP. The van der Waals surface area contributed by atoms with E-state index in [9.17, 15) is 0 Å². The molecule has 0 radical (unpaired) electrons. The molecule has 8 rings (SSSR count). The van der Waals surface area contributed by atoms with Gasteiger partial charge in [-0.25, -0.2) is 0 Å². The number of aliphatic imine (C=N–C) groups is 1. The van der Waals surface area contributed by atoms with Gasteiger partial charge in [0, 0.05) is 29.3 Å². The number of para-hydroxylation sites is 1. The summed E-state index contributed by atoms with van der Waals surface area (Å²) < 4.78 is 6.49. The predicted molar refractivity (Wildman–Crippen MR) is 216 cm³/mol. The van der Waals surface area contributed by atoms with Crippen molar-refractivity contribution in [1.29, 1.82) is 0 Å². The summed E-state index contributed by atoms with van der Waals surface area (Å²) in [5.41, 5.74) is 7.54. The Morgan fingerprint density at radius 2 is 1.16 bits per heavy atom. The van der Waals surface area contributed by atoms with Gasteiger partial charge in [-0.05, 0) is 84.9 Å². The minimum atomic E-state index is 0.549. The monoisotopic (exact) mass is 653 g/mol. The summed E-state index contributed by atoms with van der Waals surface area (Å²) in [7, 11) is 4.83. The van der Waals surface area contributed by atoms with E-state index >= 15 is 0 Å². The Morgan fingerprint density at radius 1 is 0.633 bits per heavy atom. The van der Waals surface area contributed by atoms with Crippen molar-refractivity contribution in [3.05, 3.63) is 169 Å². The molecule has 0 saturated heterocycles. The van der Waals surface area contributed by atoms with Gasteiger partial charge in [0.1, 0.15) is 11.3 Å². The standard InChI is InChI=1S/C34H23OP.C12H17N/c1-21(22-10-3-2-4-11-22)32-18-23-12-9-17-28(34(23)35-32)31-19-29-26-15-7-5-13-24(26)25-14-6-8-16-27(25)30(29)20-33(31)36;1-4-10(2)12(13-3)11-8-6-5-7-9-11/h2-20H,1,36H2;5-10H,4H2,1-3H3. The molecule has 2 atom stereocenters. The number of benzene rings is 7. The molecule has 0 saturated carbocycles. The van der Waals surface area contributed by atoms with E-state index in [1.54, 1.807) is 0 Å². The fraction of sp³-hybridized carbons (Fsp3) is 0.109. The average molecular weight is 654 g/mol. The van der Waals surface area contributed by atoms with Crippen molar-refractivity contribution < 1.29 is 4.42 Å². The fourth-order valence-corrected chi connectivity index (χ4v) is 7.25. The first-order valence-corrected chi connectivity index (χ1v) is 17.5. The molecule has 2 unspecified atom stereocenters. The fourth-order valence-electron chi connectivity index (χ4n) is 6.84. The maximum absolute atomic E-state index is 6.49. The maximum atomic E-state index is 6.49. The minimum absolute atomic E-state index is 0.549. The van der Waals surface area contributed by atoms with Gasteiger partial charge in [-0.1, -0.05) is 148 Å². The highest BCUT2D eigenvalue weighted by Crippen LogP contribution is 2.39. The lowest BCUT2D eigenvalue weighted by Gasteiger charge is -2.14. The van der Waals surface area contributed by atoms with Gasteiger partial charge >= 0.3 is 0 Å². The van der Waals surface area contributed by atoms with Crippen LogP contribution in [0.5, 0.6) is 0 Å². The molecule has 8 aromatic rings. The Balaban J connectivity index is 0.000000247. The quantitative estimate of drug-likeness (QED) is 0.0996. The first-order chi connectivity index (χ1) is 24.0. The van der Waals surface area contributed by atoms with Crippen LogP contribution in [0.2, 0.25) is 0 Å². The summed E-state index contributed by atoms with van der Waals surface area (Å²) in [4.78, 5) is 4.35. The number of hydrogen-bond acceptors (Lipinski definition) is 2. The summed E-state index contributed by atoms with van der Waals surface area (Å²) in [5, 5.41) is 9.85. The number of furan rings is 1. The van der Waals surface area contributed by atoms with Gasteiger partial charge < -0.3 is 4.42 Å². The SMILES string of the molecule is C=C(c1ccccc1)c1cc2cccc(-c3cc4c5ccccc5c5ccccc5c4cc3P)c2o1.CCC(C)C(=NC)c1ccccc1. The first-order valence-electron chi connectivity index (χ1n) is 16.9. The van der Waals surface area contributed by atoms with Crippen LogP contribution in [0.25, 0.3) is 60.0 Å². The van der Waals surface area contributed by atoms with Crippen LogP contribution < -0.4 is 5.30 Å². The van der Waals surface area contributed by atoms with E-state index in [1.165, 1.54) is 43.6 Å². The molecule has 0 N–H and O–H groups in total. The lowest BCUT2D eigenvalue weighted by molar-refractivity contribution is 0.601. The van der Waals surface area contributed by atoms with Crippen LogP contribution in [-0.4, -0.2) is 12.8 Å². The van der Waals surface area contributed by atoms with Gasteiger partial charge in [0.15, 0.2) is 0 Å². The van der Waals surface area contributed by atoms with E-state index in [0.717, 1.165) is 50.7 Å². The summed E-state index contributed by atoms with van der Waals surface area (Å²) in [6.07, 6.45) is 1.14. The van der Waals surface area contributed by atoms with Crippen LogP contribution in [-0.2, 0) is 0 Å². The van der Waals surface area contributed by atoms with Crippen LogP contribution in [0.4, 0.5) is 0 Å². The van der Waals surface area contributed by atoms with E-state index in [4.69, 9.17) is 4.42 Å². The molecule has 0 fully saturated rings. The third-order valence-electron chi connectivity index (χ3n) is 9.56. The second kappa shape index (κ2) is 14.0. The van der Waals surface area contributed by atoms with Gasteiger partial charge in [-0.3, -0.25) is 4.99 Å². The lowest BCUT2D eigenvalue weighted by atomic mass is 9.91. The van der Waals surface area contributed by atoms with Crippen molar-refractivity contribution in [1.82, 2.24) is 0 Å². The molecule has 0 amide bonds. The molecule has 3 heteroatoms. The van der Waals surface area contributed by atoms with Crippen molar-refractivity contribution in [2.24, 2.45) is 10.9 Å². The zero-order chi connectivity index (χ0) is 33.9. The van der Waals surface area contributed by atoms with Crippen molar-refractivity contribution in [3.8, 4) is 11.1 Å². The van der Waals surface area contributed by atoms with Crippen LogP contribution in [0.15, 0.2) is 162 Å². The molecule has 0 spiro atoms. The number of hydrogen-bond donors (Lipinski definition) is 0. The van der Waals surface area contributed by atoms with Crippen molar-refractivity contribution in [2.45, 2.75) is 20.3 Å². The highest BCUT2D eigenvalue weighted by molar-refractivity contribution is 7.28. The Bertz CT molecular complexity index is 2470. The van der Waals surface area contributed by atoms with Crippen molar-refractivity contribution >= 4 is 69.1 Å². The highest BCUT2D eigenvalue weighted by Gasteiger charge is 2.17. The third kappa shape index (κ3) is 6.21. The highest BCUT2D eigenvalue weighted by atomic mass is 31.0. The number of fused-ring (bicyclic) bond motifs is 7. The molecule has 0 aliphatic heterocycles. The topological polar surface area (TPSA) is 25.5 Å². The molecule has 0 bridgehead atoms. The van der Waals surface area contributed by atoms with Crippen LogP contribution in [0.3, 0.4) is 0 Å². The lowest BCUT2D eigenvalue weighted by Crippen LogP contribution is -2.11. The molecule has 1 aromatic heterocycles. The normalized spacial score (nSPS) is 12.3. The van der Waals surface area contributed by atoms with Gasteiger partial charge in [-0.2, -0.15) is 0 Å². The Hall–Kier alpha value is -5.30. The largest absolute Gasteiger partial charge is 0.455 e. The van der Waals surface area contributed by atoms with Crippen LogP contribution in [0.1, 0.15) is 37.2 Å². The molecule has 1 heterocycles. The van der Waals surface area contributed by atoms with E-state index in [1.807, 2.05) is 31.3 Å². The second-order valence-electron chi connectivity index (χ2n) is 12.5. The minimum Gasteiger partial charge on any atom is -0.455 e. The van der Waals surface area contributed by atoms with Gasteiger partial charge in [-0.15, -0.1) is 9.24 Å². The van der Waals surface area contributed by atoms with E-state index in [2.05, 4.69) is 156 Å². The van der Waals surface area contributed by atoms with E-state index in [0.29, 0.717) is 5.92 Å². The smallest absolute Gasteiger partial charge is 0.142 e. The molecule has 0 aliphatic carbocycles. The number of nitrogens with zero attached hydrogens (tertiary/aromatic N) is 1. The summed E-state index contributed by atoms with van der Waals surface area (Å²) in [6.45, 7) is 8.73. The maximum Gasteiger partial charge on any atom is 0.142 e. The van der Waals surface area contributed by atoms with Gasteiger partial charge in [0.2, 0.25) is 0 Å². The summed E-state index contributed by atoms with van der Waals surface area (Å²) in [5.74, 6) is 1.35.